The number of rotatable bonds is 11. The molecule has 2 heterocycles. The van der Waals surface area contributed by atoms with E-state index in [4.69, 9.17) is 10.3 Å². The monoisotopic (exact) mass is 404 g/mol. The molecule has 0 spiro atoms. The summed E-state index contributed by atoms with van der Waals surface area (Å²) in [6.07, 6.45) is 7.19. The van der Waals surface area contributed by atoms with Gasteiger partial charge in [-0.3, -0.25) is 14.0 Å². The van der Waals surface area contributed by atoms with Crippen LogP contribution in [0.3, 0.4) is 0 Å². The van der Waals surface area contributed by atoms with Crippen molar-refractivity contribution in [3.63, 3.8) is 0 Å². The third kappa shape index (κ3) is 8.75. The Kier molecular flexibility index (Phi) is 8.57. The van der Waals surface area contributed by atoms with Crippen LogP contribution in [0.2, 0.25) is 0 Å². The predicted octanol–water partition coefficient (Wildman–Crippen LogP) is -0.126. The van der Waals surface area contributed by atoms with Gasteiger partial charge in [-0.05, 0) is 38.8 Å². The van der Waals surface area contributed by atoms with E-state index in [0.717, 1.165) is 50.9 Å². The number of hydrogen-bond acceptors (Lipinski definition) is 8. The highest BCUT2D eigenvalue weighted by molar-refractivity contribution is 7.80. The number of amides is 1. The summed E-state index contributed by atoms with van der Waals surface area (Å²) in [6.45, 7) is 2.62. The zero-order valence-electron chi connectivity index (χ0n) is 15.2. The molecule has 5 N–H and O–H groups in total. The smallest absolute Gasteiger partial charge is 0.326 e. The maximum Gasteiger partial charge on any atom is 0.418 e. The fourth-order valence-corrected chi connectivity index (χ4v) is 3.26. The number of carbonyl (C=O) groups excluding carboxylic acids is 1. The summed E-state index contributed by atoms with van der Waals surface area (Å²) in [5.41, 5.74) is 8.83. The van der Waals surface area contributed by atoms with Crippen molar-refractivity contribution in [1.29, 1.82) is 0 Å². The van der Waals surface area contributed by atoms with E-state index >= 15 is 0 Å². The first-order valence-corrected chi connectivity index (χ1v) is 10.5. The standard InChI is InChI=1S/C15H28N6O5S/c16-13(4-2-1-3-5-15(22)19-26-27(23,24)25)10-21-11-14(18-20-21)12-6-8-17-9-7-12/h11-13,17H,1-10,16H2,(H,19,22)(H,23,24,25). The van der Waals surface area contributed by atoms with Crippen LogP contribution in [0.4, 0.5) is 0 Å². The van der Waals surface area contributed by atoms with E-state index in [1.165, 1.54) is 0 Å². The van der Waals surface area contributed by atoms with E-state index in [2.05, 4.69) is 19.9 Å². The molecule has 11 nitrogen and oxygen atoms in total. The molecule has 0 saturated carbocycles. The van der Waals surface area contributed by atoms with Crippen molar-refractivity contribution >= 4 is 16.3 Å². The van der Waals surface area contributed by atoms with Crippen molar-refractivity contribution in [2.75, 3.05) is 13.1 Å². The van der Waals surface area contributed by atoms with Gasteiger partial charge in [0.15, 0.2) is 0 Å². The Morgan fingerprint density at radius 1 is 1.41 bits per heavy atom. The summed E-state index contributed by atoms with van der Waals surface area (Å²) in [6, 6.07) is -0.0516. The summed E-state index contributed by atoms with van der Waals surface area (Å²) in [5, 5.41) is 11.8. The van der Waals surface area contributed by atoms with Crippen LogP contribution < -0.4 is 16.5 Å². The molecule has 2 rings (SSSR count). The number of hydroxylamine groups is 1. The van der Waals surface area contributed by atoms with E-state index < -0.39 is 16.3 Å². The molecule has 12 heteroatoms. The Morgan fingerprint density at radius 3 is 2.85 bits per heavy atom. The quantitative estimate of drug-likeness (QED) is 0.224. The molecule has 1 aromatic heterocycles. The number of nitrogens with two attached hydrogens (primary N) is 1. The van der Waals surface area contributed by atoms with Crippen LogP contribution in [0, 0.1) is 0 Å². The molecule has 1 amide bonds. The lowest BCUT2D eigenvalue weighted by Crippen LogP contribution is -2.27. The second kappa shape index (κ2) is 10.7. The van der Waals surface area contributed by atoms with E-state index in [-0.39, 0.29) is 12.5 Å². The second-order valence-electron chi connectivity index (χ2n) is 6.79. The summed E-state index contributed by atoms with van der Waals surface area (Å²) in [7, 11) is -4.67. The van der Waals surface area contributed by atoms with Gasteiger partial charge >= 0.3 is 10.4 Å². The maximum atomic E-state index is 11.3. The largest absolute Gasteiger partial charge is 0.418 e. The van der Waals surface area contributed by atoms with Gasteiger partial charge < -0.3 is 11.1 Å². The minimum atomic E-state index is -4.67. The lowest BCUT2D eigenvalue weighted by molar-refractivity contribution is -0.127. The van der Waals surface area contributed by atoms with E-state index in [9.17, 15) is 13.2 Å². The first-order valence-electron chi connectivity index (χ1n) is 9.14. The second-order valence-corrected chi connectivity index (χ2v) is 7.81. The third-order valence-corrected chi connectivity index (χ3v) is 4.77. The number of hydrogen-bond donors (Lipinski definition) is 4. The number of nitrogens with zero attached hydrogens (tertiary/aromatic N) is 3. The Bertz CT molecular complexity index is 689. The molecule has 1 unspecified atom stereocenters. The maximum absolute atomic E-state index is 11.3. The molecule has 1 saturated heterocycles. The van der Waals surface area contributed by atoms with Crippen molar-refractivity contribution in [2.45, 2.75) is 63.5 Å². The van der Waals surface area contributed by atoms with E-state index in [1.54, 1.807) is 10.2 Å². The summed E-state index contributed by atoms with van der Waals surface area (Å²) < 4.78 is 34.6. The molecule has 1 fully saturated rings. The molecule has 1 aromatic rings. The summed E-state index contributed by atoms with van der Waals surface area (Å²) >= 11 is 0. The summed E-state index contributed by atoms with van der Waals surface area (Å²) in [4.78, 5) is 11.3. The van der Waals surface area contributed by atoms with Gasteiger partial charge in [-0.15, -0.1) is 9.38 Å². The molecule has 154 valence electrons. The van der Waals surface area contributed by atoms with Crippen molar-refractivity contribution < 1.29 is 22.0 Å². The zero-order chi connectivity index (χ0) is 19.7. The van der Waals surface area contributed by atoms with Crippen molar-refractivity contribution in [1.82, 2.24) is 25.8 Å². The average molecular weight is 404 g/mol. The fourth-order valence-electron chi connectivity index (χ4n) is 3.06. The normalized spacial score (nSPS) is 17.0. The number of carbonyl (C=O) groups is 1. The molecule has 0 aromatic carbocycles. The number of nitrogens with one attached hydrogen (secondary N) is 2. The summed E-state index contributed by atoms with van der Waals surface area (Å²) in [5.74, 6) is -0.142. The Hall–Kier alpha value is -1.60. The predicted molar refractivity (Wildman–Crippen MR) is 96.7 cm³/mol. The van der Waals surface area contributed by atoms with Crippen molar-refractivity contribution in [3.05, 3.63) is 11.9 Å². The van der Waals surface area contributed by atoms with Crippen molar-refractivity contribution in [2.24, 2.45) is 5.73 Å². The fraction of sp³-hybridized carbons (Fsp3) is 0.800. The highest BCUT2D eigenvalue weighted by atomic mass is 32.3. The van der Waals surface area contributed by atoms with E-state index in [1.807, 2.05) is 6.20 Å². The SMILES string of the molecule is NC(CCCCCC(=O)NOS(=O)(=O)O)Cn1cc(C2CCNCC2)nn1. The minimum absolute atomic E-state index is 0.0516. The lowest BCUT2D eigenvalue weighted by atomic mass is 9.95. The Labute approximate surface area is 158 Å². The van der Waals surface area contributed by atoms with Crippen LogP contribution in [0.15, 0.2) is 6.20 Å². The Morgan fingerprint density at radius 2 is 2.15 bits per heavy atom. The van der Waals surface area contributed by atoms with E-state index in [0.29, 0.717) is 18.9 Å². The first-order chi connectivity index (χ1) is 12.8. The Balaban J connectivity index is 1.57. The van der Waals surface area contributed by atoms with Crippen molar-refractivity contribution in [3.8, 4) is 0 Å². The average Bonchev–Trinajstić information content (AvgIpc) is 3.08. The highest BCUT2D eigenvalue weighted by Crippen LogP contribution is 2.22. The van der Waals surface area contributed by atoms with Crippen LogP contribution in [0.5, 0.6) is 0 Å². The molecule has 1 aliphatic heterocycles. The third-order valence-electron chi connectivity index (χ3n) is 4.47. The molecule has 0 aliphatic carbocycles. The van der Waals surface area contributed by atoms with Gasteiger partial charge in [-0.2, -0.15) is 8.42 Å². The van der Waals surface area contributed by atoms with Crippen LogP contribution in [-0.2, 0) is 26.0 Å². The minimum Gasteiger partial charge on any atom is -0.326 e. The van der Waals surface area contributed by atoms with Gasteiger partial charge in [0.25, 0.3) is 0 Å². The highest BCUT2D eigenvalue weighted by Gasteiger charge is 2.18. The van der Waals surface area contributed by atoms with Crippen LogP contribution in [0.25, 0.3) is 0 Å². The number of aromatic nitrogens is 3. The van der Waals surface area contributed by atoms with Crippen LogP contribution >= 0.6 is 0 Å². The van der Waals surface area contributed by atoms with Gasteiger partial charge in [-0.1, -0.05) is 18.1 Å². The molecule has 27 heavy (non-hydrogen) atoms. The molecule has 1 atom stereocenters. The molecule has 0 radical (unpaired) electrons. The molecule has 1 aliphatic rings. The zero-order valence-corrected chi connectivity index (χ0v) is 16.0. The van der Waals surface area contributed by atoms with Gasteiger partial charge in [0, 0.05) is 24.6 Å². The number of unbranched alkanes of at least 4 members (excludes halogenated alkanes) is 2. The van der Waals surface area contributed by atoms with Crippen LogP contribution in [0.1, 0.15) is 56.6 Å². The lowest BCUT2D eigenvalue weighted by Gasteiger charge is -2.20. The van der Waals surface area contributed by atoms with Crippen LogP contribution in [-0.4, -0.2) is 53.0 Å². The molecule has 0 bridgehead atoms. The molecular formula is C15H28N6O5S. The van der Waals surface area contributed by atoms with Gasteiger partial charge in [0.2, 0.25) is 5.91 Å². The first kappa shape index (κ1) is 21.7. The van der Waals surface area contributed by atoms with Gasteiger partial charge in [-0.25, -0.2) is 5.48 Å². The molecular weight excluding hydrogens is 376 g/mol. The van der Waals surface area contributed by atoms with Gasteiger partial charge in [0.05, 0.1) is 12.2 Å². The van der Waals surface area contributed by atoms with Gasteiger partial charge in [0.1, 0.15) is 0 Å². The number of piperidine rings is 1. The topological polar surface area (TPSA) is 161 Å².